The van der Waals surface area contributed by atoms with Gasteiger partial charge in [0, 0.05) is 33.9 Å². The number of hydrogen-bond donors (Lipinski definition) is 1. The van der Waals surface area contributed by atoms with Crippen LogP contribution in [0.3, 0.4) is 0 Å². The number of pyridine rings is 1. The van der Waals surface area contributed by atoms with E-state index in [-0.39, 0.29) is 22.6 Å². The Labute approximate surface area is 247 Å². The molecule has 12 heteroatoms. The van der Waals surface area contributed by atoms with Crippen molar-refractivity contribution in [2.75, 3.05) is 11.9 Å². The van der Waals surface area contributed by atoms with Crippen molar-refractivity contribution in [2.24, 2.45) is 0 Å². The normalized spacial score (nSPS) is 11.4. The van der Waals surface area contributed by atoms with Crippen LogP contribution in [0.1, 0.15) is 32.1 Å². The third-order valence-electron chi connectivity index (χ3n) is 6.44. The molecule has 0 atom stereocenters. The van der Waals surface area contributed by atoms with Gasteiger partial charge in [-0.1, -0.05) is 35.3 Å². The Morgan fingerprint density at radius 3 is 2.05 bits per heavy atom. The minimum absolute atomic E-state index is 0.0208. The topological polar surface area (TPSA) is 88.3 Å². The SMILES string of the molecule is CN(c1ccc(Cl)cc1)c1ccc(C(=O)c2ccc(-n3nc(-c4ccc(Cl)cc4)cc3C(F)(F)F)c(C(=O)O)c2)nc1. The van der Waals surface area contributed by atoms with Crippen molar-refractivity contribution < 1.29 is 27.9 Å². The maximum atomic E-state index is 14.0. The average Bonchev–Trinajstić information content (AvgIpc) is 3.43. The Hall–Kier alpha value is -4.67. The third-order valence-corrected chi connectivity index (χ3v) is 6.94. The number of carbonyl (C=O) groups excluding carboxylic acids is 1. The number of carbonyl (C=O) groups is 2. The number of hydrogen-bond acceptors (Lipinski definition) is 5. The lowest BCUT2D eigenvalue weighted by Crippen LogP contribution is -2.17. The van der Waals surface area contributed by atoms with Crippen molar-refractivity contribution in [1.29, 1.82) is 0 Å². The van der Waals surface area contributed by atoms with E-state index in [0.717, 1.165) is 23.9 Å². The number of aromatic nitrogens is 3. The monoisotopic (exact) mass is 610 g/mol. The van der Waals surface area contributed by atoms with Crippen LogP contribution < -0.4 is 4.90 Å². The predicted octanol–water partition coefficient (Wildman–Crippen LogP) is 7.96. The minimum atomic E-state index is -4.85. The van der Waals surface area contributed by atoms with Crippen LogP contribution in [-0.4, -0.2) is 38.7 Å². The molecular formula is C30H19Cl2F3N4O3. The standard InChI is InChI=1S/C30H19Cl2F3N4O3/c1-38(21-9-7-20(32)8-10-21)22-11-12-24(36-16-22)28(40)18-4-13-26(23(14-18)29(41)42)39-27(30(33,34)35)15-25(37-39)17-2-5-19(31)6-3-17/h2-16H,1H3,(H,41,42). The fourth-order valence-corrected chi connectivity index (χ4v) is 4.49. The van der Waals surface area contributed by atoms with Gasteiger partial charge in [-0.05, 0) is 72.8 Å². The van der Waals surface area contributed by atoms with E-state index in [1.807, 2.05) is 24.1 Å². The van der Waals surface area contributed by atoms with E-state index in [9.17, 15) is 27.9 Å². The summed E-state index contributed by atoms with van der Waals surface area (Å²) in [5.74, 6) is -2.15. The molecule has 0 unspecified atom stereocenters. The van der Waals surface area contributed by atoms with Gasteiger partial charge in [0.25, 0.3) is 0 Å². The summed E-state index contributed by atoms with van der Waals surface area (Å²) in [5.41, 5.74) is -0.324. The van der Waals surface area contributed by atoms with E-state index < -0.39 is 29.2 Å². The first-order valence-corrected chi connectivity index (χ1v) is 13.0. The van der Waals surface area contributed by atoms with Crippen LogP contribution in [0.5, 0.6) is 0 Å². The molecule has 0 bridgehead atoms. The summed E-state index contributed by atoms with van der Waals surface area (Å²) in [5, 5.41) is 14.9. The maximum Gasteiger partial charge on any atom is 0.433 e. The quantitative estimate of drug-likeness (QED) is 0.188. The van der Waals surface area contributed by atoms with Gasteiger partial charge in [-0.3, -0.25) is 9.78 Å². The molecule has 212 valence electrons. The summed E-state index contributed by atoms with van der Waals surface area (Å²) >= 11 is 11.8. The summed E-state index contributed by atoms with van der Waals surface area (Å²) in [6.45, 7) is 0. The highest BCUT2D eigenvalue weighted by Crippen LogP contribution is 2.35. The summed E-state index contributed by atoms with van der Waals surface area (Å²) in [6, 6.07) is 20.5. The number of anilines is 2. The Morgan fingerprint density at radius 1 is 0.857 bits per heavy atom. The van der Waals surface area contributed by atoms with Crippen LogP contribution in [0.25, 0.3) is 16.9 Å². The Morgan fingerprint density at radius 2 is 1.48 bits per heavy atom. The van der Waals surface area contributed by atoms with Crippen molar-refractivity contribution in [3.8, 4) is 16.9 Å². The van der Waals surface area contributed by atoms with Gasteiger partial charge in [-0.2, -0.15) is 18.3 Å². The summed E-state index contributed by atoms with van der Waals surface area (Å²) < 4.78 is 42.5. The molecule has 2 aromatic heterocycles. The number of nitrogens with zero attached hydrogens (tertiary/aromatic N) is 4. The van der Waals surface area contributed by atoms with E-state index in [2.05, 4.69) is 10.1 Å². The number of ketones is 1. The van der Waals surface area contributed by atoms with Gasteiger partial charge in [0.1, 0.15) is 11.4 Å². The first-order chi connectivity index (χ1) is 19.9. The summed E-state index contributed by atoms with van der Waals surface area (Å²) in [4.78, 5) is 31.4. The fraction of sp³-hybridized carbons (Fsp3) is 0.0667. The Bertz CT molecular complexity index is 1790. The highest BCUT2D eigenvalue weighted by Gasteiger charge is 2.37. The van der Waals surface area contributed by atoms with Gasteiger partial charge in [0.2, 0.25) is 5.78 Å². The molecule has 0 aliphatic heterocycles. The summed E-state index contributed by atoms with van der Waals surface area (Å²) in [6.07, 6.45) is -3.38. The molecule has 0 saturated heterocycles. The molecule has 5 aromatic rings. The number of carboxylic acid groups (broad SMARTS) is 1. The third kappa shape index (κ3) is 5.86. The smallest absolute Gasteiger partial charge is 0.433 e. The van der Waals surface area contributed by atoms with Gasteiger partial charge < -0.3 is 10.0 Å². The van der Waals surface area contributed by atoms with Crippen molar-refractivity contribution >= 4 is 46.3 Å². The number of aromatic carboxylic acids is 1. The molecule has 2 heterocycles. The zero-order valence-corrected chi connectivity index (χ0v) is 23.1. The molecule has 0 radical (unpaired) electrons. The molecule has 1 N–H and O–H groups in total. The number of benzene rings is 3. The zero-order chi connectivity index (χ0) is 30.2. The van der Waals surface area contributed by atoms with Crippen molar-refractivity contribution in [1.82, 2.24) is 14.8 Å². The van der Waals surface area contributed by atoms with E-state index in [1.165, 1.54) is 42.6 Å². The van der Waals surface area contributed by atoms with Crippen molar-refractivity contribution in [2.45, 2.75) is 6.18 Å². The van der Waals surface area contributed by atoms with E-state index in [4.69, 9.17) is 23.2 Å². The van der Waals surface area contributed by atoms with Crippen molar-refractivity contribution in [3.05, 3.63) is 124 Å². The number of alkyl halides is 3. The van der Waals surface area contributed by atoms with Gasteiger partial charge in [0.05, 0.1) is 28.8 Å². The Kier molecular flexibility index (Phi) is 7.77. The van der Waals surface area contributed by atoms with Gasteiger partial charge in [0.15, 0.2) is 0 Å². The van der Waals surface area contributed by atoms with Crippen LogP contribution >= 0.6 is 23.2 Å². The van der Waals surface area contributed by atoms with Crippen molar-refractivity contribution in [3.63, 3.8) is 0 Å². The van der Waals surface area contributed by atoms with Crippen LogP contribution in [0.15, 0.2) is 91.1 Å². The molecule has 3 aromatic carbocycles. The minimum Gasteiger partial charge on any atom is -0.478 e. The second-order valence-electron chi connectivity index (χ2n) is 9.13. The molecule has 0 saturated carbocycles. The van der Waals surface area contributed by atoms with E-state index in [1.54, 1.807) is 18.2 Å². The summed E-state index contributed by atoms with van der Waals surface area (Å²) in [7, 11) is 1.81. The predicted molar refractivity (Wildman–Crippen MR) is 153 cm³/mol. The second-order valence-corrected chi connectivity index (χ2v) is 10.0. The molecular weight excluding hydrogens is 592 g/mol. The zero-order valence-electron chi connectivity index (χ0n) is 21.6. The Balaban J connectivity index is 1.49. The second kappa shape index (κ2) is 11.3. The molecule has 0 aliphatic rings. The number of halogens is 5. The maximum absolute atomic E-state index is 14.0. The lowest BCUT2D eigenvalue weighted by molar-refractivity contribution is -0.142. The fourth-order valence-electron chi connectivity index (χ4n) is 4.24. The molecule has 0 fully saturated rings. The number of carboxylic acids is 1. The highest BCUT2D eigenvalue weighted by atomic mass is 35.5. The van der Waals surface area contributed by atoms with Gasteiger partial charge in [-0.15, -0.1) is 0 Å². The molecule has 0 aliphatic carbocycles. The van der Waals surface area contributed by atoms with Crippen LogP contribution in [0.4, 0.5) is 24.5 Å². The van der Waals surface area contributed by atoms with E-state index in [0.29, 0.717) is 26.0 Å². The van der Waals surface area contributed by atoms with Crippen LogP contribution in [0, 0.1) is 0 Å². The van der Waals surface area contributed by atoms with Gasteiger partial charge >= 0.3 is 12.1 Å². The first kappa shape index (κ1) is 28.8. The first-order valence-electron chi connectivity index (χ1n) is 12.2. The average molecular weight is 611 g/mol. The molecule has 42 heavy (non-hydrogen) atoms. The molecule has 0 amide bonds. The molecule has 0 spiro atoms. The molecule has 7 nitrogen and oxygen atoms in total. The highest BCUT2D eigenvalue weighted by molar-refractivity contribution is 6.30. The lowest BCUT2D eigenvalue weighted by atomic mass is 10.0. The lowest BCUT2D eigenvalue weighted by Gasteiger charge is -2.19. The largest absolute Gasteiger partial charge is 0.478 e. The van der Waals surface area contributed by atoms with E-state index >= 15 is 0 Å². The molecule has 5 rings (SSSR count). The van der Waals surface area contributed by atoms with Crippen LogP contribution in [0.2, 0.25) is 10.0 Å². The van der Waals surface area contributed by atoms with Crippen LogP contribution in [-0.2, 0) is 6.18 Å². The number of rotatable bonds is 7. The van der Waals surface area contributed by atoms with Gasteiger partial charge in [-0.25, -0.2) is 9.48 Å².